The summed E-state index contributed by atoms with van der Waals surface area (Å²) >= 11 is 0. The molecular weight excluding hydrogens is 280 g/mol. The molecule has 21 heavy (non-hydrogen) atoms. The van der Waals surface area contributed by atoms with Crippen molar-refractivity contribution in [3.05, 3.63) is 0 Å². The van der Waals surface area contributed by atoms with Gasteiger partial charge in [0.15, 0.2) is 17.5 Å². The molecule has 0 spiro atoms. The molecule has 2 rings (SSSR count). The summed E-state index contributed by atoms with van der Waals surface area (Å²) in [7, 11) is -1.47. The van der Waals surface area contributed by atoms with Crippen LogP contribution in [0.3, 0.4) is 0 Å². The monoisotopic (exact) mass is 306 g/mol. The van der Waals surface area contributed by atoms with Crippen LogP contribution in [0.15, 0.2) is 0 Å². The van der Waals surface area contributed by atoms with E-state index in [9.17, 15) is 0 Å². The van der Waals surface area contributed by atoms with Crippen molar-refractivity contribution in [2.75, 3.05) is 6.61 Å². The van der Waals surface area contributed by atoms with Crippen molar-refractivity contribution < 1.29 is 14.2 Å². The number of terminal acetylenes is 1. The zero-order valence-corrected chi connectivity index (χ0v) is 14.8. The van der Waals surface area contributed by atoms with Crippen molar-refractivity contribution in [3.8, 4) is 23.8 Å². The topological polar surface area (TPSA) is 31.0 Å². The lowest BCUT2D eigenvalue weighted by Crippen LogP contribution is -2.35. The van der Waals surface area contributed by atoms with E-state index in [1.807, 2.05) is 13.8 Å². The van der Waals surface area contributed by atoms with Crippen LogP contribution in [0.5, 0.6) is 0 Å². The van der Waals surface area contributed by atoms with Crippen LogP contribution in [0, 0.1) is 23.8 Å². The van der Waals surface area contributed by atoms with Gasteiger partial charge in [0, 0.05) is 0 Å². The zero-order chi connectivity index (χ0) is 15.7. The summed E-state index contributed by atoms with van der Waals surface area (Å²) in [5, 5.41) is 0. The molecule has 0 aromatic carbocycles. The summed E-state index contributed by atoms with van der Waals surface area (Å²) < 4.78 is 17.2. The molecule has 2 heterocycles. The largest absolute Gasteiger partial charge is 0.348 e. The first-order valence-corrected chi connectivity index (χ1v) is 10.5. The third-order valence-electron chi connectivity index (χ3n) is 4.86. The van der Waals surface area contributed by atoms with Gasteiger partial charge < -0.3 is 14.2 Å². The molecule has 0 aliphatic carbocycles. The Morgan fingerprint density at radius 3 is 2.19 bits per heavy atom. The minimum absolute atomic E-state index is 0.207. The smallest absolute Gasteiger partial charge is 0.195 e. The van der Waals surface area contributed by atoms with Crippen molar-refractivity contribution in [3.63, 3.8) is 0 Å². The summed E-state index contributed by atoms with van der Waals surface area (Å²) in [4.78, 5) is 0. The Labute approximate surface area is 129 Å². The van der Waals surface area contributed by atoms with Gasteiger partial charge in [-0.15, -0.1) is 12.0 Å². The molecule has 0 amide bonds. The van der Waals surface area contributed by atoms with Crippen molar-refractivity contribution in [1.82, 2.24) is 0 Å². The summed E-state index contributed by atoms with van der Waals surface area (Å²) in [5.41, 5.74) is 2.84. The Morgan fingerprint density at radius 2 is 1.76 bits per heavy atom. The van der Waals surface area contributed by atoms with Gasteiger partial charge in [-0.1, -0.05) is 32.6 Å². The Balaban J connectivity index is 2.11. The molecule has 2 aliphatic rings. The Bertz CT molecular complexity index is 484. The van der Waals surface area contributed by atoms with E-state index in [1.165, 1.54) is 18.1 Å². The van der Waals surface area contributed by atoms with Crippen molar-refractivity contribution in [1.29, 1.82) is 0 Å². The van der Waals surface area contributed by atoms with Crippen molar-refractivity contribution in [2.24, 2.45) is 0 Å². The first-order chi connectivity index (χ1) is 9.87. The molecule has 0 unspecified atom stereocenters. The lowest BCUT2D eigenvalue weighted by atomic mass is 10.00. The molecule has 0 saturated carbocycles. The highest BCUT2D eigenvalue weighted by Gasteiger charge is 2.64. The highest BCUT2D eigenvalue weighted by Crippen LogP contribution is 2.44. The van der Waals surface area contributed by atoms with E-state index < -0.39 is 19.5 Å². The van der Waals surface area contributed by atoms with Gasteiger partial charge in [0.25, 0.3) is 0 Å². The zero-order valence-electron chi connectivity index (χ0n) is 13.8. The van der Waals surface area contributed by atoms with Crippen molar-refractivity contribution in [2.45, 2.75) is 76.3 Å². The highest BCUT2D eigenvalue weighted by atomic mass is 28.3. The molecule has 0 aromatic heterocycles. The predicted molar refractivity (Wildman–Crippen MR) is 86.3 cm³/mol. The Kier molecular flexibility index (Phi) is 4.56. The van der Waals surface area contributed by atoms with Crippen LogP contribution in [-0.4, -0.2) is 38.3 Å². The van der Waals surface area contributed by atoms with E-state index in [1.54, 1.807) is 0 Å². The molecule has 0 bridgehead atoms. The highest BCUT2D eigenvalue weighted by molar-refractivity contribution is 6.87. The number of hydrogen-bond acceptors (Lipinski definition) is 3. The second kappa shape index (κ2) is 5.78. The first-order valence-electron chi connectivity index (χ1n) is 7.87. The van der Waals surface area contributed by atoms with Gasteiger partial charge in [-0.25, -0.2) is 0 Å². The molecule has 0 N–H and O–H groups in total. The van der Waals surface area contributed by atoms with Gasteiger partial charge in [-0.05, 0) is 32.0 Å². The molecule has 3 atom stereocenters. The van der Waals surface area contributed by atoms with Gasteiger partial charge in [-0.2, -0.15) is 0 Å². The standard InChI is InChI=1S/C17H26O3Si/c1-7-17(15-13-18-16(5,6)19-15)14(20-17)11-12-21(8-2,9-3)10-4/h1,14-15H,8-10,13H2,2-6H3/t14-,15-,17+/m1/s1. The molecule has 2 fully saturated rings. The fourth-order valence-corrected chi connectivity index (χ4v) is 5.34. The second-order valence-electron chi connectivity index (χ2n) is 6.36. The normalized spacial score (nSPS) is 33.9. The summed E-state index contributed by atoms with van der Waals surface area (Å²) in [6.07, 6.45) is 5.27. The maximum atomic E-state index is 5.86. The average molecular weight is 306 g/mol. The molecule has 0 radical (unpaired) electrons. The van der Waals surface area contributed by atoms with E-state index >= 15 is 0 Å². The number of epoxide rings is 1. The van der Waals surface area contributed by atoms with Crippen LogP contribution in [0.1, 0.15) is 34.6 Å². The van der Waals surface area contributed by atoms with E-state index in [0.29, 0.717) is 6.61 Å². The van der Waals surface area contributed by atoms with E-state index in [2.05, 4.69) is 38.2 Å². The minimum atomic E-state index is -1.47. The van der Waals surface area contributed by atoms with Gasteiger partial charge in [0.1, 0.15) is 14.2 Å². The minimum Gasteiger partial charge on any atom is -0.348 e. The van der Waals surface area contributed by atoms with Crippen LogP contribution in [0.2, 0.25) is 18.1 Å². The average Bonchev–Trinajstić information content (AvgIpc) is 3.09. The third kappa shape index (κ3) is 3.05. The van der Waals surface area contributed by atoms with Crippen LogP contribution < -0.4 is 0 Å². The van der Waals surface area contributed by atoms with Crippen molar-refractivity contribution >= 4 is 8.07 Å². The summed E-state index contributed by atoms with van der Waals surface area (Å²) in [6, 6.07) is 3.54. The molecule has 4 heteroatoms. The quantitative estimate of drug-likeness (QED) is 0.454. The molecule has 2 aliphatic heterocycles. The van der Waals surface area contributed by atoms with E-state index in [0.717, 1.165) is 0 Å². The van der Waals surface area contributed by atoms with E-state index in [-0.39, 0.29) is 12.2 Å². The van der Waals surface area contributed by atoms with Crippen LogP contribution in [-0.2, 0) is 14.2 Å². The van der Waals surface area contributed by atoms with Crippen LogP contribution >= 0.6 is 0 Å². The predicted octanol–water partition coefficient (Wildman–Crippen LogP) is 2.96. The van der Waals surface area contributed by atoms with Gasteiger partial charge in [0.05, 0.1) is 6.61 Å². The lowest BCUT2D eigenvalue weighted by molar-refractivity contribution is -0.143. The molecule has 2 saturated heterocycles. The van der Waals surface area contributed by atoms with Crippen LogP contribution in [0.25, 0.3) is 0 Å². The first kappa shape index (κ1) is 16.6. The SMILES string of the molecule is C#C[C@]1([C@H]2COC(C)(C)O2)O[C@@H]1C#C[Si](CC)(CC)CC. The maximum Gasteiger partial charge on any atom is 0.195 e. The molecule has 116 valence electrons. The summed E-state index contributed by atoms with van der Waals surface area (Å²) in [6.45, 7) is 11.0. The number of hydrogen-bond donors (Lipinski definition) is 0. The lowest BCUT2D eigenvalue weighted by Gasteiger charge is -2.20. The van der Waals surface area contributed by atoms with Gasteiger partial charge in [0.2, 0.25) is 0 Å². The molecule has 0 aromatic rings. The summed E-state index contributed by atoms with van der Waals surface area (Å²) in [5.74, 6) is 5.48. The third-order valence-corrected chi connectivity index (χ3v) is 9.59. The van der Waals surface area contributed by atoms with Crippen LogP contribution in [0.4, 0.5) is 0 Å². The number of ether oxygens (including phenoxy) is 3. The molecule has 3 nitrogen and oxygen atoms in total. The fraction of sp³-hybridized carbons (Fsp3) is 0.765. The maximum absolute atomic E-state index is 5.86. The Hall–Kier alpha value is -0.783. The molecular formula is C17H26O3Si. The Morgan fingerprint density at radius 1 is 1.14 bits per heavy atom. The van der Waals surface area contributed by atoms with Gasteiger partial charge in [-0.3, -0.25) is 0 Å². The number of rotatable bonds is 4. The fourth-order valence-electron chi connectivity index (χ4n) is 2.88. The van der Waals surface area contributed by atoms with E-state index in [4.69, 9.17) is 20.6 Å². The second-order valence-corrected chi connectivity index (χ2v) is 11.3. The van der Waals surface area contributed by atoms with Gasteiger partial charge >= 0.3 is 0 Å².